The van der Waals surface area contributed by atoms with Crippen molar-refractivity contribution in [3.8, 4) is 11.5 Å². The van der Waals surface area contributed by atoms with Crippen molar-refractivity contribution in [2.75, 3.05) is 6.54 Å². The van der Waals surface area contributed by atoms with Gasteiger partial charge in [-0.05, 0) is 36.6 Å². The average Bonchev–Trinajstić information content (AvgIpc) is 2.54. The van der Waals surface area contributed by atoms with Crippen LogP contribution in [0.3, 0.4) is 0 Å². The summed E-state index contributed by atoms with van der Waals surface area (Å²) >= 11 is 0. The van der Waals surface area contributed by atoms with E-state index in [1.54, 1.807) is 6.07 Å². The van der Waals surface area contributed by atoms with E-state index in [1.165, 1.54) is 17.7 Å². The van der Waals surface area contributed by atoms with Gasteiger partial charge in [0.05, 0.1) is 6.54 Å². The summed E-state index contributed by atoms with van der Waals surface area (Å²) in [6.45, 7) is 2.88. The van der Waals surface area contributed by atoms with Crippen LogP contribution in [0.15, 0.2) is 48.5 Å². The van der Waals surface area contributed by atoms with Gasteiger partial charge in [-0.2, -0.15) is 0 Å². The molecule has 0 aliphatic carbocycles. The molecular formula is C18H24ClNO3. The van der Waals surface area contributed by atoms with E-state index in [-0.39, 0.29) is 29.9 Å². The number of aliphatic hydroxyl groups excluding tert-OH is 1. The molecule has 2 aromatic rings. The van der Waals surface area contributed by atoms with E-state index in [0.717, 1.165) is 19.4 Å². The third kappa shape index (κ3) is 5.75. The summed E-state index contributed by atoms with van der Waals surface area (Å²) < 4.78 is 0. The van der Waals surface area contributed by atoms with Crippen LogP contribution >= 0.6 is 0 Å². The fourth-order valence-electron chi connectivity index (χ4n) is 2.49. The van der Waals surface area contributed by atoms with Gasteiger partial charge in [-0.1, -0.05) is 36.4 Å². The van der Waals surface area contributed by atoms with E-state index in [9.17, 15) is 15.3 Å². The number of benzene rings is 2. The van der Waals surface area contributed by atoms with Crippen LogP contribution in [-0.2, 0) is 6.42 Å². The fraction of sp³-hybridized carbons (Fsp3) is 0.333. The Morgan fingerprint density at radius 3 is 2.35 bits per heavy atom. The van der Waals surface area contributed by atoms with E-state index >= 15 is 0 Å². The van der Waals surface area contributed by atoms with Crippen LogP contribution in [0.4, 0.5) is 0 Å². The second-order valence-corrected chi connectivity index (χ2v) is 5.67. The molecule has 5 heteroatoms. The molecule has 0 bridgehead atoms. The number of quaternary nitrogens is 1. The summed E-state index contributed by atoms with van der Waals surface area (Å²) in [4.78, 5) is 0. The Morgan fingerprint density at radius 2 is 1.70 bits per heavy atom. The quantitative estimate of drug-likeness (QED) is 0.375. The highest BCUT2D eigenvalue weighted by Crippen LogP contribution is 2.28. The van der Waals surface area contributed by atoms with Gasteiger partial charge in [-0.15, -0.1) is 0 Å². The highest BCUT2D eigenvalue weighted by molar-refractivity contribution is 5.41. The van der Waals surface area contributed by atoms with Crippen LogP contribution in [0.1, 0.15) is 30.6 Å². The molecule has 0 aromatic heterocycles. The molecule has 0 fully saturated rings. The summed E-state index contributed by atoms with van der Waals surface area (Å²) in [5.41, 5.74) is 1.94. The number of aliphatic hydroxyl groups is 1. The van der Waals surface area contributed by atoms with E-state index in [2.05, 4.69) is 17.4 Å². The van der Waals surface area contributed by atoms with Gasteiger partial charge in [0.25, 0.3) is 0 Å². The lowest BCUT2D eigenvalue weighted by molar-refractivity contribution is -0.694. The largest absolute Gasteiger partial charge is 1.00 e. The number of nitrogens with two attached hydrogens (primary N) is 1. The Bertz CT molecular complexity index is 592. The monoisotopic (exact) mass is 337 g/mol. The van der Waals surface area contributed by atoms with E-state index in [0.29, 0.717) is 5.56 Å². The van der Waals surface area contributed by atoms with Crippen molar-refractivity contribution in [3.05, 3.63) is 59.7 Å². The number of phenolic OH excluding ortho intramolecular Hbond substituents is 2. The summed E-state index contributed by atoms with van der Waals surface area (Å²) in [5, 5.41) is 31.2. The molecular weight excluding hydrogens is 314 g/mol. The number of phenols is 2. The molecule has 126 valence electrons. The third-order valence-electron chi connectivity index (χ3n) is 3.89. The average molecular weight is 338 g/mol. The number of hydrogen-bond acceptors (Lipinski definition) is 3. The molecule has 4 nitrogen and oxygen atoms in total. The van der Waals surface area contributed by atoms with Crippen LogP contribution in [0.2, 0.25) is 0 Å². The first-order valence-corrected chi connectivity index (χ1v) is 7.65. The molecule has 2 rings (SSSR count). The normalized spacial score (nSPS) is 13.1. The van der Waals surface area contributed by atoms with Gasteiger partial charge < -0.3 is 33.0 Å². The minimum atomic E-state index is -0.678. The summed E-state index contributed by atoms with van der Waals surface area (Å²) in [6.07, 6.45) is 1.39. The smallest absolute Gasteiger partial charge is 0.157 e. The van der Waals surface area contributed by atoms with Crippen LogP contribution in [0.5, 0.6) is 11.5 Å². The van der Waals surface area contributed by atoms with E-state index < -0.39 is 6.10 Å². The number of aromatic hydroxyl groups is 2. The predicted molar refractivity (Wildman–Crippen MR) is 85.7 cm³/mol. The summed E-state index contributed by atoms with van der Waals surface area (Å²) in [7, 11) is 0. The number of aryl methyl sites for hydroxylation is 1. The fourth-order valence-corrected chi connectivity index (χ4v) is 2.49. The molecule has 2 atom stereocenters. The van der Waals surface area contributed by atoms with Crippen LogP contribution < -0.4 is 17.7 Å². The van der Waals surface area contributed by atoms with E-state index in [4.69, 9.17) is 0 Å². The lowest BCUT2D eigenvalue weighted by Gasteiger charge is -2.18. The molecule has 0 amide bonds. The van der Waals surface area contributed by atoms with Gasteiger partial charge in [0.15, 0.2) is 11.5 Å². The Morgan fingerprint density at radius 1 is 1.00 bits per heavy atom. The molecule has 2 aromatic carbocycles. The van der Waals surface area contributed by atoms with Crippen molar-refractivity contribution < 1.29 is 33.0 Å². The van der Waals surface area contributed by atoms with Crippen molar-refractivity contribution >= 4 is 0 Å². The lowest BCUT2D eigenvalue weighted by atomic mass is 10.0. The number of hydrogen-bond donors (Lipinski definition) is 4. The molecule has 2 unspecified atom stereocenters. The van der Waals surface area contributed by atoms with Crippen molar-refractivity contribution in [2.24, 2.45) is 0 Å². The zero-order valence-electron chi connectivity index (χ0n) is 13.2. The Hall–Kier alpha value is -1.75. The highest BCUT2D eigenvalue weighted by Gasteiger charge is 2.20. The maximum atomic E-state index is 10.3. The van der Waals surface area contributed by atoms with Gasteiger partial charge in [-0.25, -0.2) is 0 Å². The molecule has 0 heterocycles. The van der Waals surface area contributed by atoms with Crippen LogP contribution in [0, 0.1) is 0 Å². The zero-order chi connectivity index (χ0) is 15.9. The first-order chi connectivity index (χ1) is 10.6. The van der Waals surface area contributed by atoms with Gasteiger partial charge in [0, 0.05) is 6.42 Å². The molecule has 0 saturated carbocycles. The maximum Gasteiger partial charge on any atom is 0.157 e. The molecule has 0 aliphatic rings. The summed E-state index contributed by atoms with van der Waals surface area (Å²) in [5.74, 6) is -0.372. The molecule has 0 spiro atoms. The maximum absolute atomic E-state index is 10.3. The van der Waals surface area contributed by atoms with Crippen molar-refractivity contribution in [2.45, 2.75) is 31.9 Å². The second-order valence-electron chi connectivity index (χ2n) is 5.67. The summed E-state index contributed by atoms with van der Waals surface area (Å²) in [6, 6.07) is 14.8. The van der Waals surface area contributed by atoms with Crippen molar-refractivity contribution in [3.63, 3.8) is 0 Å². The first-order valence-electron chi connectivity index (χ1n) is 7.65. The second kappa shape index (κ2) is 9.40. The molecule has 0 aliphatic heterocycles. The van der Waals surface area contributed by atoms with Crippen molar-refractivity contribution in [1.29, 1.82) is 0 Å². The standard InChI is InChI=1S/C18H23NO3.ClH/c1-13(18(22)15-9-10-16(20)17(21)12-15)19-11-5-8-14-6-3-2-4-7-14;/h2-4,6-7,9-10,12-13,18-22H,5,8,11H2,1H3;1H. The van der Waals surface area contributed by atoms with Gasteiger partial charge in [0.2, 0.25) is 0 Å². The molecule has 0 radical (unpaired) electrons. The minimum absolute atomic E-state index is 0. The molecule has 23 heavy (non-hydrogen) atoms. The Kier molecular flexibility index (Phi) is 7.89. The number of halogens is 1. The first kappa shape index (κ1) is 19.3. The lowest BCUT2D eigenvalue weighted by Crippen LogP contribution is -3.00. The predicted octanol–water partition coefficient (Wildman–Crippen LogP) is -1.28. The van der Waals surface area contributed by atoms with E-state index in [1.807, 2.05) is 25.1 Å². The van der Waals surface area contributed by atoms with Gasteiger partial charge >= 0.3 is 0 Å². The number of rotatable bonds is 7. The van der Waals surface area contributed by atoms with Gasteiger partial charge in [0.1, 0.15) is 12.1 Å². The van der Waals surface area contributed by atoms with Crippen LogP contribution in [-0.4, -0.2) is 27.9 Å². The molecule has 5 N–H and O–H groups in total. The minimum Gasteiger partial charge on any atom is -1.00 e. The molecule has 0 saturated heterocycles. The van der Waals surface area contributed by atoms with Gasteiger partial charge in [-0.3, -0.25) is 0 Å². The highest BCUT2D eigenvalue weighted by atomic mass is 35.5. The third-order valence-corrected chi connectivity index (χ3v) is 3.89. The SMILES string of the molecule is CC([NH2+]CCCc1ccccc1)C(O)c1ccc(O)c(O)c1.[Cl-]. The Labute approximate surface area is 143 Å². The van der Waals surface area contributed by atoms with Crippen molar-refractivity contribution in [1.82, 2.24) is 0 Å². The van der Waals surface area contributed by atoms with Crippen LogP contribution in [0.25, 0.3) is 0 Å². The zero-order valence-corrected chi connectivity index (χ0v) is 13.9. The topological polar surface area (TPSA) is 77.3 Å². The Balaban J connectivity index is 0.00000264.